The Bertz CT molecular complexity index is 1580. The van der Waals surface area contributed by atoms with Crippen LogP contribution in [0.3, 0.4) is 0 Å². The number of H-pyrrole nitrogens is 1. The fraction of sp³-hybridized carbons (Fsp3) is 0.324. The van der Waals surface area contributed by atoms with Crippen molar-refractivity contribution in [2.45, 2.75) is 31.5 Å². The predicted octanol–water partition coefficient (Wildman–Crippen LogP) is 6.35. The van der Waals surface area contributed by atoms with Crippen molar-refractivity contribution < 1.29 is 33.5 Å². The number of carbonyl (C=O) groups excluding carboxylic acids is 2. The Labute approximate surface area is 283 Å². The van der Waals surface area contributed by atoms with Crippen molar-refractivity contribution >= 4 is 46.5 Å². The van der Waals surface area contributed by atoms with Crippen LogP contribution in [0.2, 0.25) is 10.0 Å². The minimum atomic E-state index is -0.738. The maximum absolute atomic E-state index is 13.5. The van der Waals surface area contributed by atoms with Gasteiger partial charge < -0.3 is 23.8 Å². The summed E-state index contributed by atoms with van der Waals surface area (Å²) < 4.78 is 22.5. The van der Waals surface area contributed by atoms with E-state index in [1.54, 1.807) is 37.7 Å². The van der Waals surface area contributed by atoms with Crippen LogP contribution in [0.15, 0.2) is 73.1 Å². The number of rotatable bonds is 16. The van der Waals surface area contributed by atoms with Gasteiger partial charge in [-0.15, -0.1) is 11.3 Å². The minimum absolute atomic E-state index is 0.225. The summed E-state index contributed by atoms with van der Waals surface area (Å²) in [6.45, 7) is 1.49. The number of hydrogen-bond donors (Lipinski definition) is 1. The molecule has 2 N–H and O–H groups in total. The third-order valence-electron chi connectivity index (χ3n) is 7.12. The van der Waals surface area contributed by atoms with Crippen LogP contribution in [-0.2, 0) is 27.2 Å². The highest BCUT2D eigenvalue weighted by Crippen LogP contribution is 2.35. The van der Waals surface area contributed by atoms with Crippen molar-refractivity contribution in [3.63, 3.8) is 0 Å². The SMILES string of the molecule is COc1ccc([C@H](Cc2c(Cl)c[nH+]cc2Cl)OC(=O)c2ccc(CNC(C(=O)OCCCN(C)C)c3ccccc3)s2)cc1OC. The molecule has 2 atom stereocenters. The van der Waals surface area contributed by atoms with Crippen molar-refractivity contribution in [1.82, 2.24) is 10.2 Å². The first-order valence-electron chi connectivity index (χ1n) is 14.7. The van der Waals surface area contributed by atoms with Crippen LogP contribution in [0.25, 0.3) is 0 Å². The van der Waals surface area contributed by atoms with E-state index in [1.165, 1.54) is 18.4 Å². The van der Waals surface area contributed by atoms with Gasteiger partial charge in [0.15, 0.2) is 23.9 Å². The number of aromatic amines is 1. The molecule has 9 nitrogen and oxygen atoms in total. The molecule has 2 heterocycles. The zero-order chi connectivity index (χ0) is 33.1. The molecule has 2 aromatic heterocycles. The number of carbonyl (C=O) groups is 2. The molecule has 12 heteroatoms. The third-order valence-corrected chi connectivity index (χ3v) is 8.86. The molecule has 0 amide bonds. The van der Waals surface area contributed by atoms with Gasteiger partial charge in [-0.3, -0.25) is 5.32 Å². The summed E-state index contributed by atoms with van der Waals surface area (Å²) in [6.07, 6.45) is 3.47. The van der Waals surface area contributed by atoms with Gasteiger partial charge >= 0.3 is 11.9 Å². The highest BCUT2D eigenvalue weighted by Gasteiger charge is 2.26. The molecule has 0 radical (unpaired) electrons. The van der Waals surface area contributed by atoms with Gasteiger partial charge in [0.2, 0.25) is 0 Å². The fourth-order valence-corrected chi connectivity index (χ4v) is 6.10. The molecule has 0 aliphatic rings. The van der Waals surface area contributed by atoms with E-state index in [9.17, 15) is 9.59 Å². The van der Waals surface area contributed by atoms with Gasteiger partial charge in [-0.1, -0.05) is 59.6 Å². The Balaban J connectivity index is 1.49. The summed E-state index contributed by atoms with van der Waals surface area (Å²) in [5, 5.41) is 4.14. The number of nitrogens with zero attached hydrogens (tertiary/aromatic N) is 1. The highest BCUT2D eigenvalue weighted by atomic mass is 35.5. The van der Waals surface area contributed by atoms with Crippen LogP contribution >= 0.6 is 34.5 Å². The summed E-state index contributed by atoms with van der Waals surface area (Å²) in [4.78, 5) is 32.8. The summed E-state index contributed by atoms with van der Waals surface area (Å²) >= 11 is 14.2. The summed E-state index contributed by atoms with van der Waals surface area (Å²) in [5.41, 5.74) is 2.11. The van der Waals surface area contributed by atoms with Crippen LogP contribution in [0.4, 0.5) is 0 Å². The van der Waals surface area contributed by atoms with E-state index in [-0.39, 0.29) is 12.4 Å². The monoisotopic (exact) mass is 686 g/mol. The van der Waals surface area contributed by atoms with Crippen molar-refractivity contribution in [2.75, 3.05) is 41.5 Å². The van der Waals surface area contributed by atoms with Crippen molar-refractivity contribution in [1.29, 1.82) is 0 Å². The second-order valence-corrected chi connectivity index (χ2v) is 12.6. The van der Waals surface area contributed by atoms with Crippen LogP contribution in [0, 0.1) is 0 Å². The molecular formula is C34H38Cl2N3O6S+. The molecule has 1 unspecified atom stereocenters. The van der Waals surface area contributed by atoms with E-state index in [4.69, 9.17) is 42.1 Å². The molecule has 0 saturated heterocycles. The molecule has 46 heavy (non-hydrogen) atoms. The van der Waals surface area contributed by atoms with Gasteiger partial charge in [-0.25, -0.2) is 14.6 Å². The lowest BCUT2D eigenvalue weighted by Crippen LogP contribution is -2.30. The normalized spacial score (nSPS) is 12.4. The zero-order valence-corrected chi connectivity index (χ0v) is 28.5. The smallest absolute Gasteiger partial charge is 0.348 e. The third kappa shape index (κ3) is 9.67. The molecule has 0 aliphatic heterocycles. The zero-order valence-electron chi connectivity index (χ0n) is 26.2. The number of halogens is 2. The lowest BCUT2D eigenvalue weighted by Gasteiger charge is -2.20. The Morgan fingerprint density at radius 3 is 2.33 bits per heavy atom. The topological polar surface area (TPSA) is 100 Å². The number of aromatic nitrogens is 1. The molecule has 2 aromatic carbocycles. The van der Waals surface area contributed by atoms with Gasteiger partial charge in [-0.2, -0.15) is 0 Å². The number of nitrogens with one attached hydrogen (secondary N) is 2. The number of pyridine rings is 1. The Kier molecular flexibility index (Phi) is 13.2. The van der Waals surface area contributed by atoms with Crippen molar-refractivity contribution in [2.24, 2.45) is 0 Å². The number of hydrogen-bond acceptors (Lipinski definition) is 9. The molecule has 0 spiro atoms. The molecule has 244 valence electrons. The molecule has 0 bridgehead atoms. The molecular weight excluding hydrogens is 649 g/mol. The standard InChI is InChI=1S/C34H37Cl2N3O6S/c1-39(2)15-8-16-44-34(41)32(22-9-6-5-7-10-22)38-19-24-12-14-31(46-24)33(40)45-29(18-25-26(35)20-37-21-27(25)36)23-11-13-28(42-3)30(17-23)43-4/h5-7,9-14,17,20-21,29,32,38H,8,15-16,18-19H2,1-4H3/p+1/t29-,32?/m0/s1. The summed E-state index contributed by atoms with van der Waals surface area (Å²) in [7, 11) is 7.05. The number of ether oxygens (including phenoxy) is 4. The average Bonchev–Trinajstić information content (AvgIpc) is 3.53. The van der Waals surface area contributed by atoms with Crippen LogP contribution in [0.1, 0.15) is 49.8 Å². The molecule has 0 saturated carbocycles. The first-order valence-corrected chi connectivity index (χ1v) is 16.2. The van der Waals surface area contributed by atoms with Crippen LogP contribution in [-0.4, -0.2) is 58.3 Å². The fourth-order valence-electron chi connectivity index (χ4n) is 4.73. The lowest BCUT2D eigenvalue weighted by molar-refractivity contribution is -0.377. The summed E-state index contributed by atoms with van der Waals surface area (Å²) in [5.74, 6) is 0.178. The van der Waals surface area contributed by atoms with E-state index in [1.807, 2.05) is 61.5 Å². The van der Waals surface area contributed by atoms with Crippen molar-refractivity contribution in [3.8, 4) is 11.5 Å². The Morgan fingerprint density at radius 2 is 1.65 bits per heavy atom. The molecule has 4 aromatic rings. The molecule has 0 aliphatic carbocycles. The van der Waals surface area contributed by atoms with E-state index in [2.05, 4.69) is 10.3 Å². The van der Waals surface area contributed by atoms with E-state index in [0.29, 0.717) is 50.7 Å². The van der Waals surface area contributed by atoms with Gasteiger partial charge in [0.25, 0.3) is 0 Å². The van der Waals surface area contributed by atoms with Gasteiger partial charge in [-0.05, 0) is 55.9 Å². The quantitative estimate of drug-likeness (QED) is 0.108. The number of esters is 2. The lowest BCUT2D eigenvalue weighted by atomic mass is 10.0. The van der Waals surface area contributed by atoms with Gasteiger partial charge in [0.1, 0.15) is 27.1 Å². The Morgan fingerprint density at radius 1 is 0.935 bits per heavy atom. The van der Waals surface area contributed by atoms with Crippen LogP contribution in [0.5, 0.6) is 11.5 Å². The maximum atomic E-state index is 13.5. The summed E-state index contributed by atoms with van der Waals surface area (Å²) in [6, 6.07) is 17.6. The van der Waals surface area contributed by atoms with E-state index in [0.717, 1.165) is 23.4 Å². The highest BCUT2D eigenvalue weighted by molar-refractivity contribution is 7.13. The molecule has 0 fully saturated rings. The largest absolute Gasteiger partial charge is 0.493 e. The van der Waals surface area contributed by atoms with Crippen LogP contribution < -0.4 is 19.8 Å². The number of thiophene rings is 1. The van der Waals surface area contributed by atoms with Gasteiger partial charge in [0, 0.05) is 30.0 Å². The maximum Gasteiger partial charge on any atom is 0.348 e. The van der Waals surface area contributed by atoms with E-state index >= 15 is 0 Å². The average molecular weight is 688 g/mol. The Hall–Kier alpha value is -3.67. The van der Waals surface area contributed by atoms with Gasteiger partial charge in [0.05, 0.1) is 20.8 Å². The first-order chi connectivity index (χ1) is 22.2. The van der Waals surface area contributed by atoms with E-state index < -0.39 is 18.1 Å². The first kappa shape index (κ1) is 35.2. The van der Waals surface area contributed by atoms with Crippen molar-refractivity contribution in [3.05, 3.63) is 110 Å². The second-order valence-electron chi connectivity index (χ2n) is 10.7. The predicted molar refractivity (Wildman–Crippen MR) is 179 cm³/mol. The number of methoxy groups -OCH3 is 2. The minimum Gasteiger partial charge on any atom is -0.493 e. The molecule has 4 rings (SSSR count). The number of benzene rings is 2. The second kappa shape index (κ2) is 17.3.